The largest absolute Gasteiger partial charge is 0.493 e. The van der Waals surface area contributed by atoms with Crippen molar-refractivity contribution in [1.29, 1.82) is 0 Å². The van der Waals surface area contributed by atoms with Crippen molar-refractivity contribution in [2.24, 2.45) is 0 Å². The minimum absolute atomic E-state index is 0.0351. The molecule has 0 heterocycles. The molecule has 16 nitrogen and oxygen atoms in total. The highest BCUT2D eigenvalue weighted by Crippen LogP contribution is 2.45. The lowest BCUT2D eigenvalue weighted by Crippen LogP contribution is -2.41. The molecule has 0 saturated carbocycles. The van der Waals surface area contributed by atoms with Gasteiger partial charge in [0.25, 0.3) is 0 Å². The Bertz CT molecular complexity index is 3330. The molecule has 5 rings (SSSR count). The number of unbranched alkanes of at least 4 members (excludes halogenated alkanes) is 12. The standard InChI is InChI=1S/C96H152O16Si4/c1-29-33-37-41-45-101-85-77-49-73(65-105-89(97)69(5)61-109-113(21,22)93(9,10)11)50-78(85)58-80-52-75(67-107-91(99)71(7)63-111-115(25,26)95(15,16)17)54-82(87(80)103-47-43-39-35-31-3)60-84-56-76(68-108-92(100)72(8)64-112-116(27,28)96(18,19)20)55-83(88(84)104-48-44-40-36-32-4)59-81-53-74(51-79(57-77)86(81)102-46-42-38-34-30-2)66-106-90(98)70(6)62-110-114(23,24)94(12,13)14/h49-56H,5-8,29-48,57-68H2,1-4,9-28H3. The molecule has 0 unspecified atom stereocenters. The maximum absolute atomic E-state index is 14.4. The number of fused-ring (bicyclic) bond motifs is 8. The lowest BCUT2D eigenvalue weighted by molar-refractivity contribution is -0.141. The van der Waals surface area contributed by atoms with Gasteiger partial charge in [0.2, 0.25) is 0 Å². The lowest BCUT2D eigenvalue weighted by atomic mass is 9.88. The van der Waals surface area contributed by atoms with Gasteiger partial charge in [0, 0.05) is 25.7 Å². The van der Waals surface area contributed by atoms with E-state index < -0.39 is 57.1 Å². The summed E-state index contributed by atoms with van der Waals surface area (Å²) in [5.41, 5.74) is 10.1. The second-order valence-corrected chi connectivity index (χ2v) is 57.5. The number of ether oxygens (including phenoxy) is 8. The molecule has 0 aliphatic heterocycles. The second kappa shape index (κ2) is 45.9. The van der Waals surface area contributed by atoms with E-state index in [1.165, 1.54) is 0 Å². The maximum atomic E-state index is 14.4. The van der Waals surface area contributed by atoms with Gasteiger partial charge in [-0.15, -0.1) is 0 Å². The highest BCUT2D eigenvalue weighted by Gasteiger charge is 2.41. The van der Waals surface area contributed by atoms with Crippen molar-refractivity contribution < 1.29 is 74.8 Å². The van der Waals surface area contributed by atoms with E-state index >= 15 is 0 Å². The topological polar surface area (TPSA) is 179 Å². The molecular weight excluding hydrogens is 1520 g/mol. The zero-order valence-corrected chi connectivity index (χ0v) is 80.6. The summed E-state index contributed by atoms with van der Waals surface area (Å²) in [7, 11) is -9.15. The number of benzene rings is 4. The fourth-order valence-corrected chi connectivity index (χ4v) is 16.1. The molecule has 4 aromatic rings. The van der Waals surface area contributed by atoms with Crippen LogP contribution < -0.4 is 18.9 Å². The molecule has 8 bridgehead atoms. The van der Waals surface area contributed by atoms with Gasteiger partial charge >= 0.3 is 23.9 Å². The van der Waals surface area contributed by atoms with E-state index in [9.17, 15) is 19.2 Å². The number of rotatable bonds is 48. The van der Waals surface area contributed by atoms with Crippen LogP contribution in [0.25, 0.3) is 0 Å². The van der Waals surface area contributed by atoms with Crippen LogP contribution in [0, 0.1) is 0 Å². The van der Waals surface area contributed by atoms with Crippen molar-refractivity contribution in [2.45, 2.75) is 338 Å². The van der Waals surface area contributed by atoms with Crippen LogP contribution >= 0.6 is 0 Å². The van der Waals surface area contributed by atoms with E-state index in [2.05, 4.69) is 238 Å². The quantitative estimate of drug-likeness (QED) is 0.0118. The smallest absolute Gasteiger partial charge is 0.336 e. The summed E-state index contributed by atoms with van der Waals surface area (Å²) >= 11 is 0. The van der Waals surface area contributed by atoms with Crippen molar-refractivity contribution >= 4 is 57.1 Å². The van der Waals surface area contributed by atoms with Crippen molar-refractivity contribution in [1.82, 2.24) is 0 Å². The van der Waals surface area contributed by atoms with Gasteiger partial charge in [-0.3, -0.25) is 0 Å². The first-order valence-corrected chi connectivity index (χ1v) is 54.9. The minimum atomic E-state index is -2.29. The summed E-state index contributed by atoms with van der Waals surface area (Å²) < 4.78 is 80.6. The average Bonchev–Trinajstić information content (AvgIpc) is 0.769. The van der Waals surface area contributed by atoms with Crippen LogP contribution in [-0.4, -0.2) is 110 Å². The Hall–Kier alpha value is -6.37. The zero-order valence-electron chi connectivity index (χ0n) is 76.6. The second-order valence-electron chi connectivity index (χ2n) is 38.2. The van der Waals surface area contributed by atoms with Gasteiger partial charge in [-0.05, 0) is 214 Å². The molecule has 0 amide bonds. The Balaban J connectivity index is 2.00. The predicted octanol–water partition coefficient (Wildman–Crippen LogP) is 24.7. The number of hydrogen-bond acceptors (Lipinski definition) is 16. The minimum Gasteiger partial charge on any atom is -0.493 e. The first-order chi connectivity index (χ1) is 54.2. The highest BCUT2D eigenvalue weighted by atomic mass is 28.4. The zero-order chi connectivity index (χ0) is 86.6. The summed E-state index contributed by atoms with van der Waals surface area (Å²) in [6.07, 6.45) is 16.3. The van der Waals surface area contributed by atoms with Crippen LogP contribution in [0.1, 0.15) is 280 Å². The predicted molar refractivity (Wildman–Crippen MR) is 484 cm³/mol. The van der Waals surface area contributed by atoms with Gasteiger partial charge in [0.1, 0.15) is 49.4 Å². The summed E-state index contributed by atoms with van der Waals surface area (Å²) in [4.78, 5) is 57.4. The summed E-state index contributed by atoms with van der Waals surface area (Å²) in [6, 6.07) is 16.6. The molecule has 20 heteroatoms. The summed E-state index contributed by atoms with van der Waals surface area (Å²) in [5.74, 6) is 0.360. The van der Waals surface area contributed by atoms with Gasteiger partial charge in [-0.25, -0.2) is 19.2 Å². The Morgan fingerprint density at radius 2 is 0.448 bits per heavy atom. The van der Waals surface area contributed by atoms with Crippen LogP contribution in [0.3, 0.4) is 0 Å². The SMILES string of the molecule is C=C(CO[Si](C)(C)C(C)(C)C)C(=O)OCc1cc2c(OCCCCCC)c(c1)Cc1cc(COC(=O)C(=C)CO[Si](C)(C)C(C)(C)C)cc(c1OCCCCCC)Cc1cc(COC(=O)C(=C)CO[Si](C)(C)C(C)(C)C)cc(c1OCCCCCC)Cc1cc(COC(=O)C(=C)CO[Si](C)(C)C(C)(C)C)cc(c1OCCCCCC)C2. The van der Waals surface area contributed by atoms with Crippen LogP contribution in [0.5, 0.6) is 23.0 Å². The van der Waals surface area contributed by atoms with E-state index in [1.807, 2.05) is 0 Å². The van der Waals surface area contributed by atoms with Crippen molar-refractivity contribution in [3.05, 3.63) is 164 Å². The molecule has 0 aromatic heterocycles. The Morgan fingerprint density at radius 3 is 0.595 bits per heavy atom. The molecule has 1 aliphatic carbocycles. The fourth-order valence-electron chi connectivity index (χ4n) is 12.2. The summed E-state index contributed by atoms with van der Waals surface area (Å²) in [6.45, 7) is 70.0. The van der Waals surface area contributed by atoms with Gasteiger partial charge in [-0.1, -0.05) is 214 Å². The molecule has 0 N–H and O–H groups in total. The number of carbonyl (C=O) groups is 4. The number of hydrogen-bond donors (Lipinski definition) is 0. The van der Waals surface area contributed by atoms with E-state index in [-0.39, 0.29) is 121 Å². The molecular formula is C96H152O16Si4. The molecule has 1 aliphatic rings. The maximum Gasteiger partial charge on any atom is 0.336 e. The van der Waals surface area contributed by atoms with E-state index in [1.54, 1.807) is 0 Å². The van der Waals surface area contributed by atoms with Crippen molar-refractivity contribution in [3.8, 4) is 23.0 Å². The molecule has 0 spiro atoms. The van der Waals surface area contributed by atoms with Crippen LogP contribution in [0.2, 0.25) is 72.5 Å². The Kier molecular flexibility index (Phi) is 39.6. The first-order valence-electron chi connectivity index (χ1n) is 43.2. The van der Waals surface area contributed by atoms with Gasteiger partial charge in [0.05, 0.1) is 75.1 Å². The molecule has 0 atom stereocenters. The van der Waals surface area contributed by atoms with Gasteiger partial charge < -0.3 is 55.6 Å². The normalized spacial score (nSPS) is 13.0. The molecule has 0 fully saturated rings. The molecule has 0 saturated heterocycles. The summed E-state index contributed by atoms with van der Waals surface area (Å²) in [5, 5.41) is -0.408. The Labute approximate surface area is 705 Å². The highest BCUT2D eigenvalue weighted by molar-refractivity contribution is 6.75. The van der Waals surface area contributed by atoms with Crippen molar-refractivity contribution in [2.75, 3.05) is 52.9 Å². The molecule has 116 heavy (non-hydrogen) atoms. The fraction of sp³-hybridized carbons (Fsp3) is 0.625. The van der Waals surface area contributed by atoms with Crippen LogP contribution in [-0.2, 0) is 108 Å². The van der Waals surface area contributed by atoms with E-state index in [0.29, 0.717) is 71.7 Å². The van der Waals surface area contributed by atoms with Crippen LogP contribution in [0.15, 0.2) is 97.1 Å². The third kappa shape index (κ3) is 31.3. The van der Waals surface area contributed by atoms with E-state index in [4.69, 9.17) is 55.6 Å². The first kappa shape index (κ1) is 100. The van der Waals surface area contributed by atoms with Crippen LogP contribution in [0.4, 0.5) is 0 Å². The number of esters is 4. The molecule has 0 radical (unpaired) electrons. The average molecular weight is 1670 g/mol. The monoisotopic (exact) mass is 1670 g/mol. The van der Waals surface area contributed by atoms with E-state index in [0.717, 1.165) is 147 Å². The lowest BCUT2D eigenvalue weighted by Gasteiger charge is -2.36. The van der Waals surface area contributed by atoms with Gasteiger partial charge in [-0.2, -0.15) is 0 Å². The number of carbonyl (C=O) groups excluding carboxylic acids is 4. The van der Waals surface area contributed by atoms with Crippen molar-refractivity contribution in [3.63, 3.8) is 0 Å². The molecule has 648 valence electrons. The van der Waals surface area contributed by atoms with Gasteiger partial charge in [0.15, 0.2) is 33.3 Å². The molecule has 4 aromatic carbocycles. The third-order valence-corrected chi connectivity index (χ3v) is 41.9. The third-order valence-electron chi connectivity index (χ3n) is 24.0. The Morgan fingerprint density at radius 1 is 0.284 bits per heavy atom.